The van der Waals surface area contributed by atoms with Crippen LogP contribution in [0, 0.1) is 5.92 Å². The Morgan fingerprint density at radius 2 is 2.33 bits per heavy atom. The second-order valence-corrected chi connectivity index (χ2v) is 6.23. The first kappa shape index (κ1) is 13.9. The summed E-state index contributed by atoms with van der Waals surface area (Å²) in [5.74, 6) is 0.799. The minimum atomic E-state index is 0.122. The number of hydrogen-bond donors (Lipinski definition) is 1. The third kappa shape index (κ3) is 3.09. The van der Waals surface area contributed by atoms with E-state index in [0.29, 0.717) is 5.92 Å². The zero-order valence-electron chi connectivity index (χ0n) is 10.5. The summed E-state index contributed by atoms with van der Waals surface area (Å²) < 4.78 is 0.851. The molecule has 1 saturated heterocycles. The van der Waals surface area contributed by atoms with E-state index in [-0.39, 0.29) is 5.91 Å². The van der Waals surface area contributed by atoms with Gasteiger partial charge in [0.05, 0.1) is 5.56 Å². The maximum atomic E-state index is 12.4. The van der Waals surface area contributed by atoms with Crippen molar-refractivity contribution in [2.24, 2.45) is 5.92 Å². The molecule has 0 N–H and O–H groups in total. The van der Waals surface area contributed by atoms with Gasteiger partial charge < -0.3 is 4.90 Å². The molecule has 1 unspecified atom stereocenters. The molecule has 2 rings (SSSR count). The van der Waals surface area contributed by atoms with E-state index in [2.05, 4.69) is 35.5 Å². The van der Waals surface area contributed by atoms with Crippen molar-refractivity contribution < 1.29 is 4.79 Å². The minimum Gasteiger partial charge on any atom is -0.338 e. The van der Waals surface area contributed by atoms with Crippen LogP contribution in [-0.4, -0.2) is 23.9 Å². The number of rotatable bonds is 3. The third-order valence-electron chi connectivity index (χ3n) is 3.45. The molecule has 18 heavy (non-hydrogen) atoms. The summed E-state index contributed by atoms with van der Waals surface area (Å²) in [4.78, 5) is 15.2. The molecule has 1 amide bonds. The van der Waals surface area contributed by atoms with Crippen LogP contribution >= 0.6 is 28.6 Å². The van der Waals surface area contributed by atoms with E-state index in [4.69, 9.17) is 0 Å². The molecule has 0 saturated carbocycles. The number of benzene rings is 1. The molecule has 1 atom stereocenters. The van der Waals surface area contributed by atoms with Crippen molar-refractivity contribution >= 4 is 34.5 Å². The summed E-state index contributed by atoms with van der Waals surface area (Å²) in [6.07, 6.45) is 3.55. The van der Waals surface area contributed by atoms with Crippen molar-refractivity contribution in [2.75, 3.05) is 13.1 Å². The number of halogens is 1. The van der Waals surface area contributed by atoms with Crippen molar-refractivity contribution in [1.29, 1.82) is 0 Å². The summed E-state index contributed by atoms with van der Waals surface area (Å²) >= 11 is 7.74. The fraction of sp³-hybridized carbons (Fsp3) is 0.500. The van der Waals surface area contributed by atoms with Gasteiger partial charge in [-0.3, -0.25) is 4.79 Å². The summed E-state index contributed by atoms with van der Waals surface area (Å²) in [5, 5.41) is 0. The Hall–Kier alpha value is -0.480. The molecule has 0 spiro atoms. The fourth-order valence-corrected chi connectivity index (χ4v) is 3.13. The van der Waals surface area contributed by atoms with Crippen LogP contribution in [0.4, 0.5) is 0 Å². The van der Waals surface area contributed by atoms with Crippen LogP contribution < -0.4 is 0 Å². The molecule has 98 valence electrons. The molecule has 1 aliphatic heterocycles. The van der Waals surface area contributed by atoms with E-state index in [1.807, 2.05) is 23.1 Å². The van der Waals surface area contributed by atoms with E-state index in [0.717, 1.165) is 34.4 Å². The molecule has 1 aliphatic rings. The lowest BCUT2D eigenvalue weighted by molar-refractivity contribution is 0.0785. The van der Waals surface area contributed by atoms with Crippen molar-refractivity contribution in [3.63, 3.8) is 0 Å². The molecule has 1 aromatic carbocycles. The second kappa shape index (κ2) is 6.11. The van der Waals surface area contributed by atoms with Gasteiger partial charge in [0.1, 0.15) is 0 Å². The van der Waals surface area contributed by atoms with E-state index in [1.165, 1.54) is 12.8 Å². The number of carbonyl (C=O) groups is 1. The molecular weight excluding hydrogens is 310 g/mol. The summed E-state index contributed by atoms with van der Waals surface area (Å²) in [5.41, 5.74) is 0.722. The van der Waals surface area contributed by atoms with E-state index in [1.54, 1.807) is 0 Å². The predicted octanol–water partition coefficient (Wildman–Crippen LogP) is 4.00. The van der Waals surface area contributed by atoms with Crippen molar-refractivity contribution in [3.8, 4) is 0 Å². The summed E-state index contributed by atoms with van der Waals surface area (Å²) in [6.45, 7) is 3.98. The number of amides is 1. The highest BCUT2D eigenvalue weighted by Gasteiger charge is 2.27. The molecule has 1 aromatic rings. The zero-order chi connectivity index (χ0) is 13.1. The van der Waals surface area contributed by atoms with Gasteiger partial charge in [0.15, 0.2) is 0 Å². The number of carbonyl (C=O) groups excluding carboxylic acids is 1. The first-order chi connectivity index (χ1) is 8.61. The number of hydrogen-bond acceptors (Lipinski definition) is 2. The van der Waals surface area contributed by atoms with Gasteiger partial charge in [-0.2, -0.15) is 0 Å². The molecule has 0 bridgehead atoms. The summed E-state index contributed by atoms with van der Waals surface area (Å²) in [7, 11) is 0. The lowest BCUT2D eigenvalue weighted by Crippen LogP contribution is -2.29. The van der Waals surface area contributed by atoms with Crippen LogP contribution in [-0.2, 0) is 0 Å². The average Bonchev–Trinajstić information content (AvgIpc) is 2.80. The Morgan fingerprint density at radius 3 is 3.06 bits per heavy atom. The number of nitrogens with zero attached hydrogens (tertiary/aromatic N) is 1. The smallest absolute Gasteiger partial charge is 0.255 e. The monoisotopic (exact) mass is 327 g/mol. The average molecular weight is 328 g/mol. The molecule has 4 heteroatoms. The third-order valence-corrected chi connectivity index (χ3v) is 4.42. The molecular formula is C14H18BrNOS. The molecule has 0 aliphatic carbocycles. The van der Waals surface area contributed by atoms with Crippen LogP contribution in [0.5, 0.6) is 0 Å². The van der Waals surface area contributed by atoms with Gasteiger partial charge >= 0.3 is 0 Å². The van der Waals surface area contributed by atoms with Gasteiger partial charge in [-0.05, 0) is 52.9 Å². The highest BCUT2D eigenvalue weighted by Crippen LogP contribution is 2.26. The van der Waals surface area contributed by atoms with Crippen LogP contribution in [0.25, 0.3) is 0 Å². The van der Waals surface area contributed by atoms with Gasteiger partial charge in [0.25, 0.3) is 5.91 Å². The van der Waals surface area contributed by atoms with Crippen LogP contribution in [0.3, 0.4) is 0 Å². The Labute approximate surface area is 122 Å². The second-order valence-electron chi connectivity index (χ2n) is 4.86. The van der Waals surface area contributed by atoms with Gasteiger partial charge in [0.2, 0.25) is 0 Å². The fourth-order valence-electron chi connectivity index (χ4n) is 2.51. The van der Waals surface area contributed by atoms with Crippen molar-refractivity contribution in [2.45, 2.75) is 31.1 Å². The standard InChI is InChI=1S/C14H18BrNOS/c1-2-3-10-6-7-16(9-10)14(17)12-8-11(18)4-5-13(12)15/h4-5,8,10,18H,2-3,6-7,9H2,1H3. The normalized spacial score (nSPS) is 19.3. The maximum absolute atomic E-state index is 12.4. The Kier molecular flexibility index (Phi) is 4.73. The van der Waals surface area contributed by atoms with Crippen LogP contribution in [0.15, 0.2) is 27.6 Å². The Morgan fingerprint density at radius 1 is 1.56 bits per heavy atom. The number of likely N-dealkylation sites (tertiary alicyclic amines) is 1. The highest BCUT2D eigenvalue weighted by atomic mass is 79.9. The van der Waals surface area contributed by atoms with Crippen molar-refractivity contribution in [3.05, 3.63) is 28.2 Å². The molecule has 0 radical (unpaired) electrons. The van der Waals surface area contributed by atoms with Crippen LogP contribution in [0.2, 0.25) is 0 Å². The summed E-state index contributed by atoms with van der Waals surface area (Å²) in [6, 6.07) is 5.60. The van der Waals surface area contributed by atoms with Gasteiger partial charge in [-0.25, -0.2) is 0 Å². The quantitative estimate of drug-likeness (QED) is 0.832. The molecule has 2 nitrogen and oxygen atoms in total. The molecule has 1 heterocycles. The molecule has 1 fully saturated rings. The molecule has 0 aromatic heterocycles. The minimum absolute atomic E-state index is 0.122. The SMILES string of the molecule is CCCC1CCN(C(=O)c2cc(S)ccc2Br)C1. The van der Waals surface area contributed by atoms with E-state index in [9.17, 15) is 4.79 Å². The highest BCUT2D eigenvalue weighted by molar-refractivity contribution is 9.10. The van der Waals surface area contributed by atoms with E-state index >= 15 is 0 Å². The lowest BCUT2D eigenvalue weighted by Gasteiger charge is -2.17. The first-order valence-electron chi connectivity index (χ1n) is 6.39. The Bertz CT molecular complexity index is 449. The maximum Gasteiger partial charge on any atom is 0.255 e. The predicted molar refractivity (Wildman–Crippen MR) is 80.3 cm³/mol. The topological polar surface area (TPSA) is 20.3 Å². The lowest BCUT2D eigenvalue weighted by atomic mass is 10.0. The van der Waals surface area contributed by atoms with Gasteiger partial charge in [-0.1, -0.05) is 13.3 Å². The van der Waals surface area contributed by atoms with Crippen LogP contribution in [0.1, 0.15) is 36.5 Å². The number of thiol groups is 1. The van der Waals surface area contributed by atoms with E-state index < -0.39 is 0 Å². The van der Waals surface area contributed by atoms with Gasteiger partial charge in [-0.15, -0.1) is 12.6 Å². The first-order valence-corrected chi connectivity index (χ1v) is 7.63. The Balaban J connectivity index is 2.10. The van der Waals surface area contributed by atoms with Crippen molar-refractivity contribution in [1.82, 2.24) is 4.90 Å². The largest absolute Gasteiger partial charge is 0.338 e. The zero-order valence-corrected chi connectivity index (χ0v) is 13.0. The van der Waals surface area contributed by atoms with Gasteiger partial charge in [0, 0.05) is 22.5 Å².